The minimum Gasteiger partial charge on any atom is -0.478 e. The summed E-state index contributed by atoms with van der Waals surface area (Å²) in [6, 6.07) is 5.37. The van der Waals surface area contributed by atoms with Crippen LogP contribution in [0.1, 0.15) is 28.4 Å². The Kier molecular flexibility index (Phi) is 3.65. The molecule has 1 aromatic carbocycles. The molecular weight excluding hydrogens is 178 g/mol. The molecule has 0 atom stereocenters. The van der Waals surface area contributed by atoms with Gasteiger partial charge in [-0.3, -0.25) is 0 Å². The van der Waals surface area contributed by atoms with Crippen LogP contribution in [0.15, 0.2) is 18.2 Å². The average molecular weight is 193 g/mol. The monoisotopic (exact) mass is 193 g/mol. The molecule has 76 valence electrons. The molecule has 3 N–H and O–H groups in total. The molecule has 14 heavy (non-hydrogen) atoms. The highest BCUT2D eigenvalue weighted by Gasteiger charge is 2.11. The van der Waals surface area contributed by atoms with Crippen molar-refractivity contribution in [3.8, 4) is 0 Å². The molecule has 0 radical (unpaired) electrons. The minimum atomic E-state index is -0.872. The molecule has 0 aliphatic carbocycles. The van der Waals surface area contributed by atoms with Gasteiger partial charge in [-0.05, 0) is 36.6 Å². The zero-order valence-electron chi connectivity index (χ0n) is 8.29. The molecule has 0 heterocycles. The fourth-order valence-corrected chi connectivity index (χ4v) is 1.61. The number of aromatic carboxylic acids is 1. The van der Waals surface area contributed by atoms with Crippen LogP contribution in [-0.2, 0) is 12.8 Å². The molecule has 0 aliphatic rings. The first kappa shape index (κ1) is 10.7. The van der Waals surface area contributed by atoms with Crippen LogP contribution in [0.2, 0.25) is 0 Å². The van der Waals surface area contributed by atoms with Crippen LogP contribution in [0.3, 0.4) is 0 Å². The zero-order chi connectivity index (χ0) is 10.6. The normalized spacial score (nSPS) is 10.1. The molecule has 0 aliphatic heterocycles. The Morgan fingerprint density at radius 1 is 1.50 bits per heavy atom. The molecule has 1 rings (SSSR count). The maximum atomic E-state index is 10.9. The van der Waals surface area contributed by atoms with E-state index in [0.717, 1.165) is 17.5 Å². The summed E-state index contributed by atoms with van der Waals surface area (Å²) in [5.74, 6) is -0.872. The van der Waals surface area contributed by atoms with Gasteiger partial charge in [-0.15, -0.1) is 0 Å². The van der Waals surface area contributed by atoms with Crippen LogP contribution in [0, 0.1) is 0 Å². The lowest BCUT2D eigenvalue weighted by Gasteiger charge is -2.09. The summed E-state index contributed by atoms with van der Waals surface area (Å²) < 4.78 is 0. The zero-order valence-corrected chi connectivity index (χ0v) is 8.29. The van der Waals surface area contributed by atoms with Gasteiger partial charge in [0.2, 0.25) is 0 Å². The van der Waals surface area contributed by atoms with E-state index in [2.05, 4.69) is 0 Å². The summed E-state index contributed by atoms with van der Waals surface area (Å²) in [5.41, 5.74) is 7.80. The lowest BCUT2D eigenvalue weighted by atomic mass is 9.97. The number of carboxylic acid groups (broad SMARTS) is 1. The second-order valence-electron chi connectivity index (χ2n) is 3.14. The van der Waals surface area contributed by atoms with Crippen molar-refractivity contribution in [2.75, 3.05) is 6.54 Å². The van der Waals surface area contributed by atoms with Crippen molar-refractivity contribution in [3.63, 3.8) is 0 Å². The molecule has 0 amide bonds. The smallest absolute Gasteiger partial charge is 0.335 e. The number of nitrogens with two attached hydrogens (primary N) is 1. The van der Waals surface area contributed by atoms with Crippen molar-refractivity contribution < 1.29 is 9.90 Å². The van der Waals surface area contributed by atoms with Crippen LogP contribution < -0.4 is 5.73 Å². The molecule has 0 spiro atoms. The molecule has 0 saturated carbocycles. The third kappa shape index (κ3) is 2.12. The van der Waals surface area contributed by atoms with Crippen molar-refractivity contribution in [1.82, 2.24) is 0 Å². The molecule has 0 fully saturated rings. The van der Waals surface area contributed by atoms with E-state index in [1.807, 2.05) is 13.0 Å². The van der Waals surface area contributed by atoms with E-state index < -0.39 is 5.97 Å². The fourth-order valence-electron chi connectivity index (χ4n) is 1.61. The molecule has 0 aromatic heterocycles. The first-order valence-corrected chi connectivity index (χ1v) is 4.74. The van der Waals surface area contributed by atoms with Crippen LogP contribution in [0.5, 0.6) is 0 Å². The molecular formula is C11H15NO2. The third-order valence-corrected chi connectivity index (χ3v) is 2.28. The summed E-state index contributed by atoms with van der Waals surface area (Å²) in [4.78, 5) is 10.9. The van der Waals surface area contributed by atoms with Crippen LogP contribution in [0.25, 0.3) is 0 Å². The maximum absolute atomic E-state index is 10.9. The van der Waals surface area contributed by atoms with Crippen LogP contribution >= 0.6 is 0 Å². The SMILES string of the molecule is CCc1cccc(C(=O)O)c1CCN. The standard InChI is InChI=1S/C11H15NO2/c1-2-8-4-3-5-10(11(13)14)9(8)6-7-12/h3-5H,2,6-7,12H2,1H3,(H,13,14). The highest BCUT2D eigenvalue weighted by Crippen LogP contribution is 2.16. The highest BCUT2D eigenvalue weighted by molar-refractivity contribution is 5.89. The Morgan fingerprint density at radius 2 is 2.21 bits per heavy atom. The van der Waals surface area contributed by atoms with Gasteiger partial charge in [-0.2, -0.15) is 0 Å². The van der Waals surface area contributed by atoms with Crippen LogP contribution in [0.4, 0.5) is 0 Å². The number of hydrogen-bond acceptors (Lipinski definition) is 2. The quantitative estimate of drug-likeness (QED) is 0.760. The number of carbonyl (C=O) groups is 1. The summed E-state index contributed by atoms with van der Waals surface area (Å²) in [5, 5.41) is 8.97. The van der Waals surface area contributed by atoms with Crippen molar-refractivity contribution in [1.29, 1.82) is 0 Å². The minimum absolute atomic E-state index is 0.384. The number of aryl methyl sites for hydroxylation is 1. The van der Waals surface area contributed by atoms with Crippen molar-refractivity contribution in [2.45, 2.75) is 19.8 Å². The van der Waals surface area contributed by atoms with Gasteiger partial charge in [0.1, 0.15) is 0 Å². The average Bonchev–Trinajstić information content (AvgIpc) is 2.18. The molecule has 3 heteroatoms. The number of hydrogen-bond donors (Lipinski definition) is 2. The predicted molar refractivity (Wildman–Crippen MR) is 55.5 cm³/mol. The Hall–Kier alpha value is -1.35. The summed E-state index contributed by atoms with van der Waals surface area (Å²) >= 11 is 0. The Labute approximate surface area is 83.6 Å². The molecule has 0 unspecified atom stereocenters. The number of rotatable bonds is 4. The van der Waals surface area contributed by atoms with Gasteiger partial charge in [-0.1, -0.05) is 19.1 Å². The van der Waals surface area contributed by atoms with E-state index >= 15 is 0 Å². The van der Waals surface area contributed by atoms with Crippen molar-refractivity contribution >= 4 is 5.97 Å². The summed E-state index contributed by atoms with van der Waals surface area (Å²) in [6.45, 7) is 2.50. The topological polar surface area (TPSA) is 63.3 Å². The molecule has 0 saturated heterocycles. The molecule has 0 bridgehead atoms. The third-order valence-electron chi connectivity index (χ3n) is 2.28. The van der Waals surface area contributed by atoms with Gasteiger partial charge in [0, 0.05) is 0 Å². The maximum Gasteiger partial charge on any atom is 0.335 e. The number of benzene rings is 1. The molecule has 3 nitrogen and oxygen atoms in total. The van der Waals surface area contributed by atoms with Gasteiger partial charge in [0.25, 0.3) is 0 Å². The summed E-state index contributed by atoms with van der Waals surface area (Å²) in [7, 11) is 0. The van der Waals surface area contributed by atoms with E-state index in [1.165, 1.54) is 0 Å². The van der Waals surface area contributed by atoms with Gasteiger partial charge in [0.05, 0.1) is 5.56 Å². The second kappa shape index (κ2) is 4.77. The van der Waals surface area contributed by atoms with Gasteiger partial charge in [-0.25, -0.2) is 4.79 Å². The summed E-state index contributed by atoms with van der Waals surface area (Å²) in [6.07, 6.45) is 1.47. The van der Waals surface area contributed by atoms with E-state index in [0.29, 0.717) is 18.5 Å². The van der Waals surface area contributed by atoms with Gasteiger partial charge < -0.3 is 10.8 Å². The van der Waals surface area contributed by atoms with E-state index in [4.69, 9.17) is 10.8 Å². The van der Waals surface area contributed by atoms with E-state index in [1.54, 1.807) is 12.1 Å². The first-order valence-electron chi connectivity index (χ1n) is 4.74. The van der Waals surface area contributed by atoms with Crippen LogP contribution in [-0.4, -0.2) is 17.6 Å². The Bertz CT molecular complexity index is 334. The predicted octanol–water partition coefficient (Wildman–Crippen LogP) is 1.45. The fraction of sp³-hybridized carbons (Fsp3) is 0.364. The van der Waals surface area contributed by atoms with Gasteiger partial charge >= 0.3 is 5.97 Å². The van der Waals surface area contributed by atoms with Crippen molar-refractivity contribution in [3.05, 3.63) is 34.9 Å². The highest BCUT2D eigenvalue weighted by atomic mass is 16.4. The second-order valence-corrected chi connectivity index (χ2v) is 3.14. The Balaban J connectivity index is 3.20. The first-order chi connectivity index (χ1) is 6.70. The molecule has 1 aromatic rings. The lowest BCUT2D eigenvalue weighted by Crippen LogP contribution is -2.11. The Morgan fingerprint density at radius 3 is 2.71 bits per heavy atom. The lowest BCUT2D eigenvalue weighted by molar-refractivity contribution is 0.0695. The van der Waals surface area contributed by atoms with Gasteiger partial charge in [0.15, 0.2) is 0 Å². The largest absolute Gasteiger partial charge is 0.478 e. The van der Waals surface area contributed by atoms with E-state index in [-0.39, 0.29) is 0 Å². The number of carboxylic acids is 1. The van der Waals surface area contributed by atoms with Crippen molar-refractivity contribution in [2.24, 2.45) is 5.73 Å². The van der Waals surface area contributed by atoms with E-state index in [9.17, 15) is 4.79 Å².